The van der Waals surface area contributed by atoms with Crippen LogP contribution in [-0.2, 0) is 16.0 Å². The second-order valence-electron chi connectivity index (χ2n) is 6.19. The van der Waals surface area contributed by atoms with Gasteiger partial charge in [-0.15, -0.1) is 12.4 Å². The average Bonchev–Trinajstić information content (AvgIpc) is 2.64. The number of nitro benzene ring substituents is 1. The maximum absolute atomic E-state index is 12.4. The summed E-state index contributed by atoms with van der Waals surface area (Å²) in [6.45, 7) is 1.90. The molecule has 9 heteroatoms. The molecule has 2 amide bonds. The van der Waals surface area contributed by atoms with E-state index < -0.39 is 4.92 Å². The first-order valence-electron chi connectivity index (χ1n) is 8.50. The molecule has 1 fully saturated rings. The second kappa shape index (κ2) is 10.7. The molecule has 1 unspecified atom stereocenters. The van der Waals surface area contributed by atoms with E-state index in [0.29, 0.717) is 32.6 Å². The molecule has 1 saturated heterocycles. The van der Waals surface area contributed by atoms with E-state index in [1.54, 1.807) is 17.0 Å². The van der Waals surface area contributed by atoms with Crippen molar-refractivity contribution in [2.75, 3.05) is 26.2 Å². The van der Waals surface area contributed by atoms with E-state index in [9.17, 15) is 19.7 Å². The maximum Gasteiger partial charge on any atom is 0.269 e. The number of halogens is 1. The summed E-state index contributed by atoms with van der Waals surface area (Å²) >= 11 is 0. The number of carbonyl (C=O) groups excluding carboxylic acids is 2. The molecule has 2 rings (SSSR count). The van der Waals surface area contributed by atoms with Gasteiger partial charge in [-0.1, -0.05) is 12.1 Å². The van der Waals surface area contributed by atoms with Crippen molar-refractivity contribution in [2.45, 2.75) is 25.7 Å². The predicted octanol–water partition coefficient (Wildman–Crippen LogP) is 1.26. The van der Waals surface area contributed by atoms with Gasteiger partial charge in [-0.2, -0.15) is 0 Å². The van der Waals surface area contributed by atoms with Gasteiger partial charge < -0.3 is 16.0 Å². The van der Waals surface area contributed by atoms with E-state index in [1.165, 1.54) is 12.1 Å². The monoisotopic (exact) mass is 384 g/mol. The Morgan fingerprint density at radius 2 is 2.15 bits per heavy atom. The number of nitrogens with one attached hydrogen (secondary N) is 1. The maximum atomic E-state index is 12.4. The Labute approximate surface area is 158 Å². The van der Waals surface area contributed by atoms with Gasteiger partial charge in [-0.3, -0.25) is 19.7 Å². The molecule has 0 bridgehead atoms. The van der Waals surface area contributed by atoms with Crippen LogP contribution in [0.5, 0.6) is 0 Å². The Balaban J connectivity index is 0.00000338. The topological polar surface area (TPSA) is 119 Å². The Kier molecular flexibility index (Phi) is 9.01. The fourth-order valence-electron chi connectivity index (χ4n) is 2.99. The zero-order chi connectivity index (χ0) is 18.2. The summed E-state index contributed by atoms with van der Waals surface area (Å²) < 4.78 is 0. The van der Waals surface area contributed by atoms with Gasteiger partial charge in [-0.25, -0.2) is 0 Å². The smallest absolute Gasteiger partial charge is 0.269 e. The second-order valence-corrected chi connectivity index (χ2v) is 6.19. The Morgan fingerprint density at radius 3 is 2.85 bits per heavy atom. The minimum absolute atomic E-state index is 0. The van der Waals surface area contributed by atoms with Crippen LogP contribution in [0.3, 0.4) is 0 Å². The molecule has 1 atom stereocenters. The highest BCUT2D eigenvalue weighted by Crippen LogP contribution is 2.19. The summed E-state index contributed by atoms with van der Waals surface area (Å²) in [6, 6.07) is 6.32. The number of aryl methyl sites for hydroxylation is 1. The van der Waals surface area contributed by atoms with Crippen LogP contribution in [0.1, 0.15) is 24.8 Å². The summed E-state index contributed by atoms with van der Waals surface area (Å²) in [5, 5.41) is 13.6. The molecule has 8 nitrogen and oxygen atoms in total. The largest absolute Gasteiger partial charge is 0.355 e. The van der Waals surface area contributed by atoms with E-state index in [-0.39, 0.29) is 42.2 Å². The number of nitrogens with zero attached hydrogens (tertiary/aromatic N) is 2. The van der Waals surface area contributed by atoms with E-state index in [4.69, 9.17) is 5.73 Å². The van der Waals surface area contributed by atoms with Gasteiger partial charge in [0.25, 0.3) is 5.69 Å². The molecule has 1 aliphatic heterocycles. The predicted molar refractivity (Wildman–Crippen MR) is 100 cm³/mol. The summed E-state index contributed by atoms with van der Waals surface area (Å²) in [5.41, 5.74) is 6.17. The van der Waals surface area contributed by atoms with Gasteiger partial charge in [-0.05, 0) is 24.8 Å². The molecule has 0 radical (unpaired) electrons. The first-order valence-corrected chi connectivity index (χ1v) is 8.50. The van der Waals surface area contributed by atoms with E-state index in [1.807, 2.05) is 0 Å². The van der Waals surface area contributed by atoms with Crippen molar-refractivity contribution in [3.05, 3.63) is 39.9 Å². The normalized spacial score (nSPS) is 16.5. The van der Waals surface area contributed by atoms with Gasteiger partial charge in [0.05, 0.1) is 10.8 Å². The van der Waals surface area contributed by atoms with Crippen LogP contribution >= 0.6 is 12.4 Å². The molecule has 0 spiro atoms. The molecule has 1 aromatic rings. The fraction of sp³-hybridized carbons (Fsp3) is 0.529. The summed E-state index contributed by atoms with van der Waals surface area (Å²) in [4.78, 5) is 36.5. The lowest BCUT2D eigenvalue weighted by atomic mass is 9.96. The van der Waals surface area contributed by atoms with Crippen LogP contribution in [-0.4, -0.2) is 47.8 Å². The number of likely N-dealkylation sites (tertiary alicyclic amines) is 1. The van der Waals surface area contributed by atoms with Crippen molar-refractivity contribution in [3.63, 3.8) is 0 Å². The van der Waals surface area contributed by atoms with Crippen LogP contribution < -0.4 is 11.1 Å². The van der Waals surface area contributed by atoms with Crippen LogP contribution in [0.2, 0.25) is 0 Å². The molecule has 0 saturated carbocycles. The lowest BCUT2D eigenvalue weighted by Crippen LogP contribution is -2.46. The highest BCUT2D eigenvalue weighted by molar-refractivity contribution is 5.85. The summed E-state index contributed by atoms with van der Waals surface area (Å²) in [7, 11) is 0. The van der Waals surface area contributed by atoms with Gasteiger partial charge in [0.15, 0.2) is 0 Å². The quantitative estimate of drug-likeness (QED) is 0.542. The summed E-state index contributed by atoms with van der Waals surface area (Å²) in [5.74, 6) is -0.272. The first-order chi connectivity index (χ1) is 12.0. The standard InChI is InChI=1S/C17H24N4O4.ClH/c18-8-9-19-17(23)14-4-2-10-20(12-14)16(22)7-6-13-3-1-5-15(11-13)21(24)25;/h1,3,5,11,14H,2,4,6-10,12,18H2,(H,19,23);1H. The van der Waals surface area contributed by atoms with Crippen molar-refractivity contribution in [2.24, 2.45) is 11.7 Å². The van der Waals surface area contributed by atoms with Gasteiger partial charge in [0.2, 0.25) is 11.8 Å². The SMILES string of the molecule is Cl.NCCNC(=O)C1CCCN(C(=O)CCc2cccc([N+](=O)[O-])c2)C1. The number of nitrogens with two attached hydrogens (primary N) is 1. The van der Waals surface area contributed by atoms with Crippen molar-refractivity contribution in [1.29, 1.82) is 0 Å². The van der Waals surface area contributed by atoms with Crippen LogP contribution in [0.4, 0.5) is 5.69 Å². The van der Waals surface area contributed by atoms with Crippen molar-refractivity contribution in [1.82, 2.24) is 10.2 Å². The minimum Gasteiger partial charge on any atom is -0.355 e. The van der Waals surface area contributed by atoms with Gasteiger partial charge in [0.1, 0.15) is 0 Å². The van der Waals surface area contributed by atoms with Gasteiger partial charge in [0, 0.05) is 44.7 Å². The molecule has 1 aromatic carbocycles. The molecule has 1 aliphatic rings. The number of benzene rings is 1. The van der Waals surface area contributed by atoms with E-state index in [2.05, 4.69) is 5.32 Å². The average molecular weight is 385 g/mol. The van der Waals surface area contributed by atoms with Crippen molar-refractivity contribution >= 4 is 29.9 Å². The van der Waals surface area contributed by atoms with Gasteiger partial charge >= 0.3 is 0 Å². The Hall–Kier alpha value is -2.19. The van der Waals surface area contributed by atoms with Crippen LogP contribution in [0, 0.1) is 16.0 Å². The van der Waals surface area contributed by atoms with Crippen LogP contribution in [0.25, 0.3) is 0 Å². The number of carbonyl (C=O) groups is 2. The molecule has 26 heavy (non-hydrogen) atoms. The summed E-state index contributed by atoms with van der Waals surface area (Å²) in [6.07, 6.45) is 2.29. The third kappa shape index (κ3) is 6.27. The highest BCUT2D eigenvalue weighted by Gasteiger charge is 2.27. The molecule has 0 aromatic heterocycles. The number of non-ortho nitro benzene ring substituents is 1. The van der Waals surface area contributed by atoms with Crippen molar-refractivity contribution in [3.8, 4) is 0 Å². The third-order valence-electron chi connectivity index (χ3n) is 4.34. The number of hydrogen-bond acceptors (Lipinski definition) is 5. The molecular weight excluding hydrogens is 360 g/mol. The molecular formula is C17H25ClN4O4. The van der Waals surface area contributed by atoms with E-state index >= 15 is 0 Å². The molecule has 0 aliphatic carbocycles. The minimum atomic E-state index is -0.444. The lowest BCUT2D eigenvalue weighted by Gasteiger charge is -2.32. The first kappa shape index (κ1) is 21.9. The number of amides is 2. The number of rotatable bonds is 7. The zero-order valence-electron chi connectivity index (χ0n) is 14.6. The molecule has 144 valence electrons. The molecule has 1 heterocycles. The lowest BCUT2D eigenvalue weighted by molar-refractivity contribution is -0.384. The van der Waals surface area contributed by atoms with Crippen molar-refractivity contribution < 1.29 is 14.5 Å². The fourth-order valence-corrected chi connectivity index (χ4v) is 2.99. The Bertz CT molecular complexity index is 641. The third-order valence-corrected chi connectivity index (χ3v) is 4.34. The zero-order valence-corrected chi connectivity index (χ0v) is 15.4. The number of hydrogen-bond donors (Lipinski definition) is 2. The number of piperidine rings is 1. The number of nitro groups is 1. The van der Waals surface area contributed by atoms with Crippen LogP contribution in [0.15, 0.2) is 24.3 Å². The van der Waals surface area contributed by atoms with E-state index in [0.717, 1.165) is 18.4 Å². The molecule has 3 N–H and O–H groups in total. The Morgan fingerprint density at radius 1 is 1.38 bits per heavy atom. The highest BCUT2D eigenvalue weighted by atomic mass is 35.5.